The van der Waals surface area contributed by atoms with Crippen molar-refractivity contribution in [1.82, 2.24) is 4.90 Å². The zero-order valence-electron chi connectivity index (χ0n) is 14.3. The van der Waals surface area contributed by atoms with Crippen LogP contribution in [0.25, 0.3) is 0 Å². The van der Waals surface area contributed by atoms with Gasteiger partial charge in [0.2, 0.25) is 0 Å². The number of benzene rings is 2. The number of hydrogen-bond acceptors (Lipinski definition) is 4. The SMILES string of the molecule is Clc1cc(C#Cc2ccccc2)ccc1C1CN(C2=NCCS2)CCO1. The molecule has 2 aliphatic heterocycles. The van der Waals surface area contributed by atoms with Gasteiger partial charge in [-0.3, -0.25) is 4.99 Å². The summed E-state index contributed by atoms with van der Waals surface area (Å²) in [4.78, 5) is 6.89. The summed E-state index contributed by atoms with van der Waals surface area (Å²) < 4.78 is 5.98. The van der Waals surface area contributed by atoms with E-state index in [1.807, 2.05) is 60.3 Å². The van der Waals surface area contributed by atoms with Gasteiger partial charge in [-0.1, -0.05) is 59.5 Å². The highest BCUT2D eigenvalue weighted by molar-refractivity contribution is 8.14. The number of morpholine rings is 1. The Morgan fingerprint density at radius 2 is 1.96 bits per heavy atom. The molecular formula is C21H19ClN2OS. The number of aliphatic imine (C=N–C) groups is 1. The van der Waals surface area contributed by atoms with E-state index in [0.29, 0.717) is 11.6 Å². The second-order valence-electron chi connectivity index (χ2n) is 6.17. The van der Waals surface area contributed by atoms with Crippen molar-refractivity contribution in [3.05, 3.63) is 70.2 Å². The molecule has 2 aromatic rings. The molecule has 26 heavy (non-hydrogen) atoms. The van der Waals surface area contributed by atoms with Crippen LogP contribution in [0.1, 0.15) is 22.8 Å². The third-order valence-electron chi connectivity index (χ3n) is 4.38. The molecule has 132 valence electrons. The minimum absolute atomic E-state index is 0.0312. The zero-order valence-corrected chi connectivity index (χ0v) is 15.9. The minimum Gasteiger partial charge on any atom is -0.370 e. The molecule has 0 saturated carbocycles. The van der Waals surface area contributed by atoms with Crippen molar-refractivity contribution in [2.45, 2.75) is 6.10 Å². The van der Waals surface area contributed by atoms with Crippen molar-refractivity contribution in [1.29, 1.82) is 0 Å². The van der Waals surface area contributed by atoms with Crippen molar-refractivity contribution in [3.8, 4) is 11.8 Å². The lowest BCUT2D eigenvalue weighted by Gasteiger charge is -2.34. The molecule has 2 aliphatic rings. The molecule has 5 heteroatoms. The van der Waals surface area contributed by atoms with Crippen LogP contribution in [0.15, 0.2) is 53.5 Å². The molecule has 0 amide bonds. The Labute approximate surface area is 163 Å². The zero-order chi connectivity index (χ0) is 17.8. The largest absolute Gasteiger partial charge is 0.370 e. The second-order valence-corrected chi connectivity index (χ2v) is 7.64. The van der Waals surface area contributed by atoms with Crippen molar-refractivity contribution in [3.63, 3.8) is 0 Å². The Bertz CT molecular complexity index is 873. The molecule has 0 spiro atoms. The number of hydrogen-bond donors (Lipinski definition) is 0. The highest BCUT2D eigenvalue weighted by Crippen LogP contribution is 2.31. The number of ether oxygens (including phenoxy) is 1. The Hall–Kier alpha value is -1.93. The first-order chi connectivity index (χ1) is 12.8. The van der Waals surface area contributed by atoms with Gasteiger partial charge in [0, 0.05) is 34.0 Å². The van der Waals surface area contributed by atoms with E-state index < -0.39 is 0 Å². The number of thioether (sulfide) groups is 1. The highest BCUT2D eigenvalue weighted by atomic mass is 35.5. The van der Waals surface area contributed by atoms with E-state index >= 15 is 0 Å². The Balaban J connectivity index is 1.50. The molecule has 1 unspecified atom stereocenters. The lowest BCUT2D eigenvalue weighted by Crippen LogP contribution is -2.40. The molecule has 4 rings (SSSR count). The molecule has 0 aromatic heterocycles. The number of halogens is 1. The molecule has 1 fully saturated rings. The number of nitrogens with zero attached hydrogens (tertiary/aromatic N) is 2. The van der Waals surface area contributed by atoms with Crippen molar-refractivity contribution >= 4 is 28.5 Å². The standard InChI is InChI=1S/C21H19ClN2OS/c22-19-14-17(7-6-16-4-2-1-3-5-16)8-9-18(19)20-15-24(11-12-25-20)21-23-10-13-26-21/h1-5,8-9,14,20H,10-13,15H2. The molecule has 2 aromatic carbocycles. The van der Waals surface area contributed by atoms with Gasteiger partial charge in [0.15, 0.2) is 5.17 Å². The summed E-state index contributed by atoms with van der Waals surface area (Å²) in [6, 6.07) is 15.9. The molecule has 0 radical (unpaired) electrons. The smallest absolute Gasteiger partial charge is 0.159 e. The van der Waals surface area contributed by atoms with Gasteiger partial charge in [-0.2, -0.15) is 0 Å². The van der Waals surface area contributed by atoms with Crippen LogP contribution >= 0.6 is 23.4 Å². The second kappa shape index (κ2) is 8.18. The highest BCUT2D eigenvalue weighted by Gasteiger charge is 2.27. The van der Waals surface area contributed by atoms with Gasteiger partial charge in [-0.25, -0.2) is 0 Å². The van der Waals surface area contributed by atoms with E-state index in [1.54, 1.807) is 0 Å². The first kappa shape index (κ1) is 17.5. The monoisotopic (exact) mass is 382 g/mol. The fraction of sp³-hybridized carbons (Fsp3) is 0.286. The summed E-state index contributed by atoms with van der Waals surface area (Å²) in [5, 5.41) is 1.84. The van der Waals surface area contributed by atoms with Crippen molar-refractivity contribution in [2.75, 3.05) is 32.0 Å². The normalized spacial score (nSPS) is 19.7. The Morgan fingerprint density at radius 3 is 2.73 bits per heavy atom. The van der Waals surface area contributed by atoms with E-state index in [9.17, 15) is 0 Å². The van der Waals surface area contributed by atoms with E-state index in [1.165, 1.54) is 0 Å². The maximum Gasteiger partial charge on any atom is 0.159 e. The third kappa shape index (κ3) is 4.07. The quantitative estimate of drug-likeness (QED) is 0.690. The molecule has 1 saturated heterocycles. The van der Waals surface area contributed by atoms with E-state index in [0.717, 1.165) is 47.2 Å². The third-order valence-corrected chi connectivity index (χ3v) is 5.74. The molecule has 0 N–H and O–H groups in total. The van der Waals surface area contributed by atoms with E-state index in [2.05, 4.69) is 21.7 Å². The molecule has 3 nitrogen and oxygen atoms in total. The van der Waals surface area contributed by atoms with Crippen LogP contribution in [0.4, 0.5) is 0 Å². The van der Waals surface area contributed by atoms with E-state index in [-0.39, 0.29) is 6.10 Å². The molecule has 0 aliphatic carbocycles. The maximum atomic E-state index is 6.55. The maximum absolute atomic E-state index is 6.55. The molecule has 0 bridgehead atoms. The predicted molar refractivity (Wildman–Crippen MR) is 109 cm³/mol. The minimum atomic E-state index is -0.0312. The summed E-state index contributed by atoms with van der Waals surface area (Å²) in [5.74, 6) is 7.42. The summed E-state index contributed by atoms with van der Waals surface area (Å²) in [6.07, 6.45) is -0.0312. The van der Waals surface area contributed by atoms with E-state index in [4.69, 9.17) is 16.3 Å². The average Bonchev–Trinajstić information content (AvgIpc) is 3.22. The van der Waals surface area contributed by atoms with Crippen LogP contribution in [0.5, 0.6) is 0 Å². The Kier molecular flexibility index (Phi) is 5.50. The molecule has 2 heterocycles. The van der Waals surface area contributed by atoms with Gasteiger partial charge in [0.25, 0.3) is 0 Å². The summed E-state index contributed by atoms with van der Waals surface area (Å²) >= 11 is 8.38. The van der Waals surface area contributed by atoms with Gasteiger partial charge in [-0.05, 0) is 24.3 Å². The van der Waals surface area contributed by atoms with Gasteiger partial charge >= 0.3 is 0 Å². The fourth-order valence-corrected chi connectivity index (χ4v) is 4.26. The molecular weight excluding hydrogens is 364 g/mol. The average molecular weight is 383 g/mol. The van der Waals surface area contributed by atoms with Gasteiger partial charge in [0.05, 0.1) is 19.7 Å². The van der Waals surface area contributed by atoms with Crippen LogP contribution < -0.4 is 0 Å². The van der Waals surface area contributed by atoms with Gasteiger partial charge < -0.3 is 9.64 Å². The number of amidine groups is 1. The summed E-state index contributed by atoms with van der Waals surface area (Å²) in [7, 11) is 0. The fourth-order valence-electron chi connectivity index (χ4n) is 3.06. The summed E-state index contributed by atoms with van der Waals surface area (Å²) in [5.41, 5.74) is 2.92. The van der Waals surface area contributed by atoms with Gasteiger partial charge in [-0.15, -0.1) is 0 Å². The first-order valence-corrected chi connectivity index (χ1v) is 10.1. The van der Waals surface area contributed by atoms with Gasteiger partial charge in [0.1, 0.15) is 6.10 Å². The lowest BCUT2D eigenvalue weighted by atomic mass is 10.1. The van der Waals surface area contributed by atoms with Crippen LogP contribution in [0.2, 0.25) is 5.02 Å². The lowest BCUT2D eigenvalue weighted by molar-refractivity contribution is -0.00582. The topological polar surface area (TPSA) is 24.8 Å². The molecule has 1 atom stereocenters. The van der Waals surface area contributed by atoms with Crippen LogP contribution in [0, 0.1) is 11.8 Å². The van der Waals surface area contributed by atoms with Crippen LogP contribution in [0.3, 0.4) is 0 Å². The number of rotatable bonds is 1. The van der Waals surface area contributed by atoms with Crippen LogP contribution in [-0.2, 0) is 4.74 Å². The predicted octanol–water partition coefficient (Wildman–Crippen LogP) is 4.22. The Morgan fingerprint density at radius 1 is 1.12 bits per heavy atom. The first-order valence-electron chi connectivity index (χ1n) is 8.70. The van der Waals surface area contributed by atoms with Crippen LogP contribution in [-0.4, -0.2) is 42.1 Å². The summed E-state index contributed by atoms with van der Waals surface area (Å²) in [6.45, 7) is 3.29. The van der Waals surface area contributed by atoms with Crippen molar-refractivity contribution in [2.24, 2.45) is 4.99 Å². The van der Waals surface area contributed by atoms with Crippen molar-refractivity contribution < 1.29 is 4.74 Å².